The third-order valence-electron chi connectivity index (χ3n) is 2.87. The summed E-state index contributed by atoms with van der Waals surface area (Å²) in [6.45, 7) is 3.56. The van der Waals surface area contributed by atoms with Crippen LogP contribution >= 0.6 is 0 Å². The molecule has 2 aromatic rings. The van der Waals surface area contributed by atoms with Gasteiger partial charge in [-0.25, -0.2) is 9.37 Å². The maximum Gasteiger partial charge on any atom is 0.213 e. The highest BCUT2D eigenvalue weighted by Crippen LogP contribution is 2.26. The summed E-state index contributed by atoms with van der Waals surface area (Å²) in [5, 5.41) is 9.78. The fourth-order valence-corrected chi connectivity index (χ4v) is 1.79. The highest BCUT2D eigenvalue weighted by atomic mass is 19.1. The van der Waals surface area contributed by atoms with Crippen molar-refractivity contribution in [3.05, 3.63) is 54.8 Å². The van der Waals surface area contributed by atoms with Crippen molar-refractivity contribution in [3.8, 4) is 17.0 Å². The first-order valence-corrected chi connectivity index (χ1v) is 6.10. The van der Waals surface area contributed by atoms with E-state index in [2.05, 4.69) is 16.5 Å². The standard InChI is InChI=1S/C15H15FN2O2/c1-3-4-14(19)13-6-5-10(8-17-13)11-7-15(20-2)18-9-12(11)16/h3,5-9,14,19H,1,4H2,2H3. The first-order valence-electron chi connectivity index (χ1n) is 6.10. The first-order chi connectivity index (χ1) is 9.65. The molecular formula is C15H15FN2O2. The zero-order chi connectivity index (χ0) is 14.5. The van der Waals surface area contributed by atoms with Crippen LogP contribution in [0.4, 0.5) is 4.39 Å². The van der Waals surface area contributed by atoms with Crippen LogP contribution in [0.1, 0.15) is 18.2 Å². The van der Waals surface area contributed by atoms with Crippen LogP contribution < -0.4 is 4.74 Å². The largest absolute Gasteiger partial charge is 0.481 e. The third kappa shape index (κ3) is 3.00. The fraction of sp³-hybridized carbons (Fsp3) is 0.200. The number of hydrogen-bond acceptors (Lipinski definition) is 4. The van der Waals surface area contributed by atoms with Gasteiger partial charge >= 0.3 is 0 Å². The Balaban J connectivity index is 2.32. The fourth-order valence-electron chi connectivity index (χ4n) is 1.79. The number of halogens is 1. The van der Waals surface area contributed by atoms with E-state index in [0.29, 0.717) is 29.1 Å². The van der Waals surface area contributed by atoms with Gasteiger partial charge in [0.1, 0.15) is 5.82 Å². The Hall–Kier alpha value is -2.27. The van der Waals surface area contributed by atoms with Crippen LogP contribution in [0.3, 0.4) is 0 Å². The van der Waals surface area contributed by atoms with Crippen molar-refractivity contribution in [2.75, 3.05) is 7.11 Å². The van der Waals surface area contributed by atoms with E-state index in [4.69, 9.17) is 4.74 Å². The van der Waals surface area contributed by atoms with E-state index in [1.54, 1.807) is 18.2 Å². The van der Waals surface area contributed by atoms with Crippen LogP contribution in [-0.4, -0.2) is 22.2 Å². The monoisotopic (exact) mass is 274 g/mol. The molecule has 0 aliphatic heterocycles. The van der Waals surface area contributed by atoms with Gasteiger partial charge in [-0.05, 0) is 12.5 Å². The summed E-state index contributed by atoms with van der Waals surface area (Å²) in [6.07, 6.45) is 3.96. The molecule has 0 aliphatic rings. The van der Waals surface area contributed by atoms with Crippen molar-refractivity contribution in [1.29, 1.82) is 0 Å². The maximum absolute atomic E-state index is 13.8. The van der Waals surface area contributed by atoms with Crippen molar-refractivity contribution in [2.45, 2.75) is 12.5 Å². The van der Waals surface area contributed by atoms with Gasteiger partial charge < -0.3 is 9.84 Å². The molecule has 1 unspecified atom stereocenters. The van der Waals surface area contributed by atoms with Gasteiger partial charge in [0.05, 0.1) is 25.1 Å². The molecule has 0 bridgehead atoms. The van der Waals surface area contributed by atoms with Crippen LogP contribution in [0.2, 0.25) is 0 Å². The molecule has 5 heteroatoms. The van der Waals surface area contributed by atoms with Gasteiger partial charge in [-0.1, -0.05) is 12.1 Å². The van der Waals surface area contributed by atoms with Crippen LogP contribution in [0.25, 0.3) is 11.1 Å². The van der Waals surface area contributed by atoms with E-state index in [1.807, 2.05) is 0 Å². The zero-order valence-electron chi connectivity index (χ0n) is 11.1. The Morgan fingerprint density at radius 1 is 1.40 bits per heavy atom. The van der Waals surface area contributed by atoms with E-state index >= 15 is 0 Å². The number of methoxy groups -OCH3 is 1. The van der Waals surface area contributed by atoms with Gasteiger partial charge in [0.15, 0.2) is 0 Å². The lowest BCUT2D eigenvalue weighted by Crippen LogP contribution is -1.99. The molecule has 2 aromatic heterocycles. The van der Waals surface area contributed by atoms with Crippen molar-refractivity contribution in [2.24, 2.45) is 0 Å². The molecule has 0 saturated carbocycles. The predicted molar refractivity (Wildman–Crippen MR) is 73.8 cm³/mol. The van der Waals surface area contributed by atoms with Gasteiger partial charge in [-0.2, -0.15) is 0 Å². The number of pyridine rings is 2. The summed E-state index contributed by atoms with van der Waals surface area (Å²) < 4.78 is 18.7. The molecule has 20 heavy (non-hydrogen) atoms. The van der Waals surface area contributed by atoms with E-state index < -0.39 is 11.9 Å². The summed E-state index contributed by atoms with van der Waals surface area (Å²) in [7, 11) is 1.47. The second kappa shape index (κ2) is 6.25. The summed E-state index contributed by atoms with van der Waals surface area (Å²) in [5.41, 5.74) is 1.47. The van der Waals surface area contributed by atoms with Gasteiger partial charge in [-0.15, -0.1) is 6.58 Å². The smallest absolute Gasteiger partial charge is 0.213 e. The quantitative estimate of drug-likeness (QED) is 0.852. The van der Waals surface area contributed by atoms with Crippen LogP contribution in [-0.2, 0) is 0 Å². The summed E-state index contributed by atoms with van der Waals surface area (Å²) in [6, 6.07) is 4.87. The third-order valence-corrected chi connectivity index (χ3v) is 2.87. The molecule has 0 fully saturated rings. The van der Waals surface area contributed by atoms with Gasteiger partial charge in [0.2, 0.25) is 5.88 Å². The van der Waals surface area contributed by atoms with Gasteiger partial charge in [0, 0.05) is 23.4 Å². The van der Waals surface area contributed by atoms with E-state index in [9.17, 15) is 9.50 Å². The maximum atomic E-state index is 13.8. The normalized spacial score (nSPS) is 11.9. The molecule has 0 amide bonds. The lowest BCUT2D eigenvalue weighted by Gasteiger charge is -2.09. The number of ether oxygens (including phenoxy) is 1. The molecule has 0 radical (unpaired) electrons. The number of nitrogens with zero attached hydrogens (tertiary/aromatic N) is 2. The second-order valence-electron chi connectivity index (χ2n) is 4.22. The van der Waals surface area contributed by atoms with Crippen LogP contribution in [0.15, 0.2) is 43.2 Å². The molecule has 0 saturated heterocycles. The van der Waals surface area contributed by atoms with Gasteiger partial charge in [0.25, 0.3) is 0 Å². The van der Waals surface area contributed by atoms with Gasteiger partial charge in [-0.3, -0.25) is 4.98 Å². The second-order valence-corrected chi connectivity index (χ2v) is 4.22. The molecule has 1 atom stereocenters. The Kier molecular flexibility index (Phi) is 4.42. The lowest BCUT2D eigenvalue weighted by molar-refractivity contribution is 0.177. The zero-order valence-corrected chi connectivity index (χ0v) is 11.1. The SMILES string of the molecule is C=CCC(O)c1ccc(-c2cc(OC)ncc2F)cn1. The molecule has 0 spiro atoms. The van der Waals surface area contributed by atoms with Crippen molar-refractivity contribution >= 4 is 0 Å². The van der Waals surface area contributed by atoms with Crippen molar-refractivity contribution in [1.82, 2.24) is 9.97 Å². The average Bonchev–Trinajstić information content (AvgIpc) is 2.48. The lowest BCUT2D eigenvalue weighted by atomic mass is 10.1. The van der Waals surface area contributed by atoms with E-state index in [1.165, 1.54) is 19.4 Å². The number of aromatic nitrogens is 2. The molecule has 0 aromatic carbocycles. The Bertz CT molecular complexity index is 599. The van der Waals surface area contributed by atoms with Crippen LogP contribution in [0.5, 0.6) is 5.88 Å². The summed E-state index contributed by atoms with van der Waals surface area (Å²) in [4.78, 5) is 7.93. The molecule has 104 valence electrons. The Morgan fingerprint density at radius 2 is 2.20 bits per heavy atom. The van der Waals surface area contributed by atoms with E-state index in [-0.39, 0.29) is 0 Å². The Morgan fingerprint density at radius 3 is 2.80 bits per heavy atom. The Labute approximate surface area is 116 Å². The molecule has 1 N–H and O–H groups in total. The number of aliphatic hydroxyl groups is 1. The van der Waals surface area contributed by atoms with Crippen molar-refractivity contribution in [3.63, 3.8) is 0 Å². The summed E-state index contributed by atoms with van der Waals surface area (Å²) in [5.74, 6) is -0.121. The number of hydrogen-bond donors (Lipinski definition) is 1. The number of aliphatic hydroxyl groups excluding tert-OH is 1. The predicted octanol–water partition coefficient (Wildman–Crippen LogP) is 2.90. The highest BCUT2D eigenvalue weighted by molar-refractivity contribution is 5.64. The number of rotatable bonds is 5. The average molecular weight is 274 g/mol. The minimum atomic E-state index is -0.696. The molecule has 0 aliphatic carbocycles. The topological polar surface area (TPSA) is 55.2 Å². The summed E-state index contributed by atoms with van der Waals surface area (Å²) >= 11 is 0. The molecule has 2 rings (SSSR count). The highest BCUT2D eigenvalue weighted by Gasteiger charge is 2.11. The van der Waals surface area contributed by atoms with Crippen molar-refractivity contribution < 1.29 is 14.2 Å². The minimum absolute atomic E-state index is 0.331. The van der Waals surface area contributed by atoms with E-state index in [0.717, 1.165) is 6.20 Å². The van der Waals surface area contributed by atoms with Crippen LogP contribution in [0, 0.1) is 5.82 Å². The first kappa shape index (κ1) is 14.1. The molecule has 4 nitrogen and oxygen atoms in total. The molecular weight excluding hydrogens is 259 g/mol. The molecule has 2 heterocycles. The minimum Gasteiger partial charge on any atom is -0.481 e.